The highest BCUT2D eigenvalue weighted by atomic mass is 79.9. The fourth-order valence-electron chi connectivity index (χ4n) is 3.41. The minimum Gasteiger partial charge on any atom is -0.484 e. The first-order chi connectivity index (χ1) is 16.8. The van der Waals surface area contributed by atoms with Crippen LogP contribution in [-0.4, -0.2) is 30.4 Å². The van der Waals surface area contributed by atoms with E-state index in [0.717, 1.165) is 14.9 Å². The first-order valence-corrected chi connectivity index (χ1v) is 11.4. The number of imide groups is 2. The number of hydrogen-bond acceptors (Lipinski definition) is 5. The number of barbiturate groups is 1. The Hall–Kier alpha value is -4.24. The molecular formula is C26H20BrN3O5. The molecule has 9 heteroatoms. The highest BCUT2D eigenvalue weighted by Crippen LogP contribution is 2.24. The van der Waals surface area contributed by atoms with Crippen molar-refractivity contribution in [3.63, 3.8) is 0 Å². The number of benzene rings is 3. The first kappa shape index (κ1) is 23.9. The minimum absolute atomic E-state index is 0.207. The molecule has 1 fully saturated rings. The molecule has 8 nitrogen and oxygen atoms in total. The van der Waals surface area contributed by atoms with E-state index in [4.69, 9.17) is 4.74 Å². The van der Waals surface area contributed by atoms with Crippen molar-refractivity contribution in [2.75, 3.05) is 16.8 Å². The highest BCUT2D eigenvalue weighted by molar-refractivity contribution is 9.10. The van der Waals surface area contributed by atoms with Gasteiger partial charge in [0.2, 0.25) is 0 Å². The predicted octanol–water partition coefficient (Wildman–Crippen LogP) is 4.44. The number of carbonyl (C=O) groups is 4. The Morgan fingerprint density at radius 2 is 1.77 bits per heavy atom. The number of ether oxygens (including phenoxy) is 1. The Labute approximate surface area is 209 Å². The zero-order valence-corrected chi connectivity index (χ0v) is 20.2. The number of nitrogens with one attached hydrogen (secondary N) is 2. The zero-order chi connectivity index (χ0) is 24.9. The van der Waals surface area contributed by atoms with Gasteiger partial charge in [0.05, 0.1) is 5.69 Å². The number of anilines is 2. The number of amides is 5. The molecule has 3 aromatic carbocycles. The Balaban J connectivity index is 1.48. The smallest absolute Gasteiger partial charge is 0.335 e. The summed E-state index contributed by atoms with van der Waals surface area (Å²) in [6.45, 7) is 1.71. The average Bonchev–Trinajstić information content (AvgIpc) is 2.82. The third-order valence-corrected chi connectivity index (χ3v) is 5.56. The second-order valence-electron chi connectivity index (χ2n) is 7.71. The van der Waals surface area contributed by atoms with Gasteiger partial charge in [0.1, 0.15) is 11.3 Å². The minimum atomic E-state index is -0.823. The van der Waals surface area contributed by atoms with Crippen LogP contribution in [0.15, 0.2) is 82.8 Å². The Bertz CT molecular complexity index is 1350. The lowest BCUT2D eigenvalue weighted by molar-refractivity contribution is -0.122. The molecule has 1 saturated heterocycles. The van der Waals surface area contributed by atoms with E-state index in [1.807, 2.05) is 25.1 Å². The molecule has 0 atom stereocenters. The van der Waals surface area contributed by atoms with Gasteiger partial charge < -0.3 is 10.1 Å². The number of carbonyl (C=O) groups excluding carboxylic acids is 4. The molecule has 2 N–H and O–H groups in total. The molecule has 0 radical (unpaired) electrons. The molecule has 35 heavy (non-hydrogen) atoms. The van der Waals surface area contributed by atoms with Gasteiger partial charge in [-0.2, -0.15) is 0 Å². The van der Waals surface area contributed by atoms with Crippen molar-refractivity contribution in [2.45, 2.75) is 6.92 Å². The van der Waals surface area contributed by atoms with Crippen LogP contribution in [0.1, 0.15) is 11.1 Å². The van der Waals surface area contributed by atoms with Gasteiger partial charge in [0, 0.05) is 10.2 Å². The first-order valence-electron chi connectivity index (χ1n) is 10.6. The van der Waals surface area contributed by atoms with Crippen molar-refractivity contribution in [3.8, 4) is 5.75 Å². The number of aryl methyl sites for hydroxylation is 1. The van der Waals surface area contributed by atoms with Crippen LogP contribution < -0.4 is 20.3 Å². The van der Waals surface area contributed by atoms with Gasteiger partial charge in [-0.1, -0.05) is 40.2 Å². The van der Waals surface area contributed by atoms with Crippen LogP contribution in [0.25, 0.3) is 6.08 Å². The Morgan fingerprint density at radius 3 is 2.51 bits per heavy atom. The fraction of sp³-hybridized carbons (Fsp3) is 0.0769. The molecule has 0 aliphatic carbocycles. The van der Waals surface area contributed by atoms with E-state index in [1.54, 1.807) is 54.6 Å². The molecule has 1 heterocycles. The summed E-state index contributed by atoms with van der Waals surface area (Å²) in [5.41, 5.74) is 2.30. The van der Waals surface area contributed by atoms with Crippen LogP contribution in [0.5, 0.6) is 5.75 Å². The maximum Gasteiger partial charge on any atom is 0.335 e. The van der Waals surface area contributed by atoms with Gasteiger partial charge >= 0.3 is 6.03 Å². The molecule has 1 aliphatic rings. The average molecular weight is 534 g/mol. The maximum absolute atomic E-state index is 13.0. The quantitative estimate of drug-likeness (QED) is 0.360. The lowest BCUT2D eigenvalue weighted by Gasteiger charge is -2.26. The molecule has 176 valence electrons. The Morgan fingerprint density at radius 1 is 1.03 bits per heavy atom. The van der Waals surface area contributed by atoms with E-state index in [9.17, 15) is 19.2 Å². The normalized spacial score (nSPS) is 14.6. The van der Waals surface area contributed by atoms with Crippen molar-refractivity contribution in [1.29, 1.82) is 0 Å². The fourth-order valence-corrected chi connectivity index (χ4v) is 3.68. The monoisotopic (exact) mass is 533 g/mol. The molecule has 1 aliphatic heterocycles. The summed E-state index contributed by atoms with van der Waals surface area (Å²) >= 11 is 3.31. The molecular weight excluding hydrogens is 514 g/mol. The van der Waals surface area contributed by atoms with Crippen LogP contribution in [-0.2, 0) is 14.4 Å². The van der Waals surface area contributed by atoms with E-state index in [1.165, 1.54) is 6.08 Å². The summed E-state index contributed by atoms with van der Waals surface area (Å²) in [7, 11) is 0. The van der Waals surface area contributed by atoms with Gasteiger partial charge in [-0.15, -0.1) is 0 Å². The molecule has 0 unspecified atom stereocenters. The summed E-state index contributed by atoms with van der Waals surface area (Å²) in [4.78, 5) is 50.9. The second kappa shape index (κ2) is 10.4. The number of urea groups is 1. The van der Waals surface area contributed by atoms with Gasteiger partial charge in [-0.05, 0) is 72.7 Å². The van der Waals surface area contributed by atoms with Crippen molar-refractivity contribution >= 4 is 57.1 Å². The van der Waals surface area contributed by atoms with E-state index in [2.05, 4.69) is 26.6 Å². The third kappa shape index (κ3) is 5.82. The highest BCUT2D eigenvalue weighted by Gasteiger charge is 2.36. The lowest BCUT2D eigenvalue weighted by Crippen LogP contribution is -2.54. The number of nitrogens with zero attached hydrogens (tertiary/aromatic N) is 1. The largest absolute Gasteiger partial charge is 0.484 e. The maximum atomic E-state index is 13.0. The summed E-state index contributed by atoms with van der Waals surface area (Å²) in [6, 6.07) is 19.7. The zero-order valence-electron chi connectivity index (χ0n) is 18.6. The van der Waals surface area contributed by atoms with Crippen LogP contribution in [0, 0.1) is 6.92 Å². The van der Waals surface area contributed by atoms with Gasteiger partial charge in [0.15, 0.2) is 6.61 Å². The summed E-state index contributed by atoms with van der Waals surface area (Å²) in [6.07, 6.45) is 1.37. The van der Waals surface area contributed by atoms with E-state index in [-0.39, 0.29) is 18.1 Å². The summed E-state index contributed by atoms with van der Waals surface area (Å²) < 4.78 is 6.36. The van der Waals surface area contributed by atoms with E-state index < -0.39 is 17.8 Å². The predicted molar refractivity (Wildman–Crippen MR) is 135 cm³/mol. The van der Waals surface area contributed by atoms with Crippen LogP contribution in [0.2, 0.25) is 0 Å². The van der Waals surface area contributed by atoms with Crippen LogP contribution in [0.3, 0.4) is 0 Å². The summed E-state index contributed by atoms with van der Waals surface area (Å²) in [5.74, 6) is -1.49. The van der Waals surface area contributed by atoms with Crippen LogP contribution in [0.4, 0.5) is 16.2 Å². The summed E-state index contributed by atoms with van der Waals surface area (Å²) in [5, 5.41) is 4.95. The number of rotatable bonds is 6. The van der Waals surface area contributed by atoms with Gasteiger partial charge in [0.25, 0.3) is 17.7 Å². The number of hydrogen-bond donors (Lipinski definition) is 2. The second-order valence-corrected chi connectivity index (χ2v) is 8.63. The van der Waals surface area contributed by atoms with E-state index in [0.29, 0.717) is 22.7 Å². The molecule has 0 aromatic heterocycles. The van der Waals surface area contributed by atoms with Gasteiger partial charge in [-0.25, -0.2) is 9.69 Å². The number of halogens is 1. The van der Waals surface area contributed by atoms with Gasteiger partial charge in [-0.3, -0.25) is 19.7 Å². The molecule has 4 rings (SSSR count). The van der Waals surface area contributed by atoms with Crippen molar-refractivity contribution in [3.05, 3.63) is 94.0 Å². The van der Waals surface area contributed by atoms with Crippen molar-refractivity contribution in [2.24, 2.45) is 0 Å². The standard InChI is InChI=1S/C26H20BrN3O5/c1-16-4-2-6-19(12-16)28-23(31)15-35-21-7-3-5-17(13-21)14-22-24(32)29-26(34)30(25(22)33)20-10-8-18(27)9-11-20/h2-14H,15H2,1H3,(H,28,31)(H,29,32,34)/b22-14+. The lowest BCUT2D eigenvalue weighted by atomic mass is 10.1. The molecule has 5 amide bonds. The van der Waals surface area contributed by atoms with E-state index >= 15 is 0 Å². The molecule has 0 spiro atoms. The van der Waals surface area contributed by atoms with Crippen molar-refractivity contribution < 1.29 is 23.9 Å². The SMILES string of the molecule is Cc1cccc(NC(=O)COc2cccc(/C=C3\C(=O)NC(=O)N(c4ccc(Br)cc4)C3=O)c2)c1. The van der Waals surface area contributed by atoms with Crippen molar-refractivity contribution in [1.82, 2.24) is 5.32 Å². The Kier molecular flexibility index (Phi) is 7.07. The molecule has 0 saturated carbocycles. The van der Waals surface area contributed by atoms with Crippen LogP contribution >= 0.6 is 15.9 Å². The molecule has 3 aromatic rings. The molecule has 0 bridgehead atoms. The topological polar surface area (TPSA) is 105 Å². The third-order valence-electron chi connectivity index (χ3n) is 5.03.